The van der Waals surface area contributed by atoms with Crippen molar-refractivity contribution in [1.82, 2.24) is 63.9 Å². The molecule has 0 aliphatic rings. The van der Waals surface area contributed by atoms with Crippen LogP contribution in [0.1, 0.15) is 142 Å². The molecule has 0 aliphatic carbocycles. The molecule has 0 spiro atoms. The Morgan fingerprint density at radius 1 is 0.551 bits per heavy atom. The molecule has 31 nitrogen and oxygen atoms in total. The molecule has 582 valence electrons. The zero-order valence-corrected chi connectivity index (χ0v) is 66.7. The van der Waals surface area contributed by atoms with Crippen LogP contribution in [0.4, 0.5) is 17.3 Å². The summed E-state index contributed by atoms with van der Waals surface area (Å²) in [6.45, 7) is 34.3. The molecule has 9 aromatic rings. The minimum absolute atomic E-state index is 0. The second-order valence-corrected chi connectivity index (χ2v) is 27.5. The summed E-state index contributed by atoms with van der Waals surface area (Å²) in [7, 11) is 0. The number of nitrogens with zero attached hydrogens (tertiary/aromatic N) is 13. The van der Waals surface area contributed by atoms with Crippen LogP contribution in [-0.4, -0.2) is 119 Å². The fraction of sp³-hybridized carbons (Fsp3) is 0.388. The molecule has 107 heavy (non-hydrogen) atoms. The van der Waals surface area contributed by atoms with Crippen LogP contribution in [0.5, 0.6) is 0 Å². The first-order valence-corrected chi connectivity index (χ1v) is 36.5. The Labute approximate surface area is 667 Å². The van der Waals surface area contributed by atoms with Crippen LogP contribution >= 0.6 is 85.3 Å². The molecule has 0 bridgehead atoms. The number of hydrogen-bond acceptors (Lipinski definition) is 25. The van der Waals surface area contributed by atoms with E-state index in [2.05, 4.69) is 118 Å². The molecule has 0 aliphatic heterocycles. The van der Waals surface area contributed by atoms with Crippen LogP contribution < -0.4 is 35.2 Å². The van der Waals surface area contributed by atoms with Gasteiger partial charge in [-0.15, -0.1) is 0 Å². The van der Waals surface area contributed by atoms with Gasteiger partial charge in [0.2, 0.25) is 0 Å². The zero-order chi connectivity index (χ0) is 79.5. The molecule has 0 radical (unpaired) electrons. The number of esters is 1. The number of nitrogens with two attached hydrogens (primary N) is 1. The van der Waals surface area contributed by atoms with Crippen molar-refractivity contribution in [1.29, 1.82) is 0 Å². The summed E-state index contributed by atoms with van der Waals surface area (Å²) in [5.41, 5.74) is 15.8. The number of halogens is 7. The quantitative estimate of drug-likeness (QED) is 0.0394. The van der Waals surface area contributed by atoms with E-state index in [9.17, 15) is 14.2 Å². The van der Waals surface area contributed by atoms with Gasteiger partial charge >= 0.3 is 60.8 Å². The van der Waals surface area contributed by atoms with Gasteiger partial charge in [0.25, 0.3) is 5.91 Å². The van der Waals surface area contributed by atoms with E-state index in [1.54, 1.807) is 71.2 Å². The molecule has 9 rings (SSSR count). The Bertz CT molecular complexity index is 4210. The number of aromatic nitrogens is 13. The summed E-state index contributed by atoms with van der Waals surface area (Å²) in [5, 5.41) is 29.5. The number of allylic oxidation sites excluding steroid dienone is 2. The predicted octanol–water partition coefficient (Wildman–Crippen LogP) is 13.2. The number of nitrogen functional groups attached to an aromatic ring is 1. The van der Waals surface area contributed by atoms with Crippen molar-refractivity contribution in [3.05, 3.63) is 145 Å². The Hall–Kier alpha value is -8.76. The van der Waals surface area contributed by atoms with Crippen LogP contribution in [0.3, 0.4) is 0 Å². The van der Waals surface area contributed by atoms with Gasteiger partial charge in [0, 0.05) is 85.9 Å². The second kappa shape index (κ2) is 63.3. The van der Waals surface area contributed by atoms with Crippen molar-refractivity contribution in [2.45, 2.75) is 171 Å². The minimum atomic E-state index is -3.22. The van der Waals surface area contributed by atoms with Gasteiger partial charge in [-0.1, -0.05) is 93.7 Å². The molecule has 8 heterocycles. The van der Waals surface area contributed by atoms with Crippen molar-refractivity contribution in [2.24, 2.45) is 0 Å². The third-order valence-electron chi connectivity index (χ3n) is 12.7. The van der Waals surface area contributed by atoms with Gasteiger partial charge in [-0.3, -0.25) is 14.0 Å². The van der Waals surface area contributed by atoms with Gasteiger partial charge in [-0.25, -0.2) is 38.5 Å². The van der Waals surface area contributed by atoms with Crippen LogP contribution in [0, 0.1) is 34.6 Å². The fourth-order valence-corrected chi connectivity index (χ4v) is 9.38. The Morgan fingerprint density at radius 3 is 1.24 bits per heavy atom. The molecule has 1 aromatic carbocycles. The maximum atomic E-state index is 12.5. The molecule has 0 saturated carbocycles. The first-order chi connectivity index (χ1) is 48.8. The van der Waals surface area contributed by atoms with Gasteiger partial charge in [0.05, 0.1) is 71.9 Å². The molecule has 0 fully saturated rings. The van der Waals surface area contributed by atoms with E-state index in [0.717, 1.165) is 123 Å². The number of carbonyl (C=O) groups is 2. The van der Waals surface area contributed by atoms with Gasteiger partial charge in [-0.05, 0) is 172 Å². The van der Waals surface area contributed by atoms with Crippen molar-refractivity contribution in [3.8, 4) is 0 Å². The minimum Gasteiger partial charge on any atom is -0.870 e. The Kier molecular flexibility index (Phi) is 66.1. The largest absolute Gasteiger partial charge is 1.00 e. The van der Waals surface area contributed by atoms with Crippen molar-refractivity contribution < 1.29 is 91.2 Å². The standard InChI is InChI=1S/C16H14Cl2N4O.C12H21N3.2C9H10ClN3.C8H14O2.C6H11N3.5CO2.2CH4.Cl3OP.Li.H2O/c1-3-22-15-13(9(2)21-22)14(18)12(8-19-15)16(23)20-11-6-4-10(17)5-7-11;1-5-11(6-2)9-13-12-8-10(4)14-15(12)7-3;2*1-3-13-9-8(6(2)12-13)7(10)4-5-11-9;1-4-7(5-2)8(9)10-6-3;1-3-9-6(7)4-5(2)8-9;5*2-1-3;;;1-5(2,3)4;;/h4-8H,3H2,1-2H3,(H,20,23);8-9,13H,5-7H2,1-4H3;2*4-5H,3H2,1-2H3;4H,5-6H2,1-3H3;4H,3,7H2,1-2H3;;;;;;2*1H4;;;1H2/q;;;;;;;;;;;;;;+1;/p-1/b;;;;7-4+;;;;;;;;;;;. The molecular formula is C67H89Cl7LiN16O15P. The van der Waals surface area contributed by atoms with Crippen LogP contribution in [0.15, 0.2) is 90.5 Å². The van der Waals surface area contributed by atoms with Crippen molar-refractivity contribution in [2.75, 3.05) is 23.0 Å². The second-order valence-electron chi connectivity index (χ2n) is 19.2. The number of fused-ring (bicyclic) bond motifs is 3. The number of anilines is 3. The topological polar surface area (TPSA) is 439 Å². The zero-order valence-electron chi connectivity index (χ0n) is 60.5. The van der Waals surface area contributed by atoms with Gasteiger partial charge in [-0.2, -0.15) is 73.4 Å². The number of carbonyl (C=O) groups excluding carboxylic acids is 12. The van der Waals surface area contributed by atoms with Gasteiger partial charge < -0.3 is 26.6 Å². The van der Waals surface area contributed by atoms with E-state index in [1.165, 1.54) is 11.8 Å². The first-order valence-electron chi connectivity index (χ1n) is 30.6. The van der Waals surface area contributed by atoms with E-state index in [1.807, 2.05) is 96.3 Å². The molecule has 5 N–H and O–H groups in total. The summed E-state index contributed by atoms with van der Waals surface area (Å²) in [6, 6.07) is 14.4. The average Bonchev–Trinajstić information content (AvgIpc) is 1.66. The molecule has 0 unspecified atom stereocenters. The van der Waals surface area contributed by atoms with E-state index in [-0.39, 0.29) is 81.8 Å². The van der Waals surface area contributed by atoms with Crippen molar-refractivity contribution >= 4 is 178 Å². The van der Waals surface area contributed by atoms with Crippen molar-refractivity contribution in [3.63, 3.8) is 0 Å². The summed E-state index contributed by atoms with van der Waals surface area (Å²) in [4.78, 5) is 117. The first kappa shape index (κ1) is 112. The predicted molar refractivity (Wildman–Crippen MR) is 407 cm³/mol. The molecule has 0 atom stereocenters. The third-order valence-corrected chi connectivity index (χ3v) is 13.9. The number of nitrogens with one attached hydrogen (secondary N) is 2. The normalized spacial score (nSPS) is 9.27. The molecule has 8 aromatic heterocycles. The number of aryl methyl sites for hydroxylation is 10. The molecule has 1 amide bonds. The summed E-state index contributed by atoms with van der Waals surface area (Å²) < 4.78 is 23.5. The van der Waals surface area contributed by atoms with Gasteiger partial charge in [0.1, 0.15) is 11.6 Å². The van der Waals surface area contributed by atoms with Crippen LogP contribution in [0.2, 0.25) is 20.1 Å². The number of rotatable bonds is 14. The van der Waals surface area contributed by atoms with Gasteiger partial charge in [0.15, 0.2) is 16.9 Å². The van der Waals surface area contributed by atoms with Crippen LogP contribution in [0.25, 0.3) is 33.1 Å². The van der Waals surface area contributed by atoms with E-state index >= 15 is 0 Å². The monoisotopic (exact) mass is 1640 g/mol. The Balaban J connectivity index is -0.000000216. The number of ether oxygens (including phenoxy) is 1. The SMILES string of the molecule is C.C.C/C=C(\CC)C(=O)OCC.CCC(=CNc1cc(C)nn1CC)CC.CCn1nc(C)c2c(Cl)c(C(=O)Nc3ccc(Cl)cc3)cnc21.CCn1nc(C)c2c(Cl)ccnc21.CCn1nc(C)c2c(Cl)ccnc21.CCn1nc(C)cc1N.O=C=O.O=C=O.O=C=O.O=C=O.O=C=O.O=P(Cl)(Cl)Cl.[Li+].[OH-]. The average molecular weight is 1640 g/mol. The fourth-order valence-electron chi connectivity index (χ4n) is 8.34. The maximum Gasteiger partial charge on any atom is 1.00 e. The number of amides is 1. The number of benzene rings is 1. The summed E-state index contributed by atoms with van der Waals surface area (Å²) >= 11 is 38.2. The molecule has 40 heteroatoms. The molecular weight excluding hydrogens is 1550 g/mol. The van der Waals surface area contributed by atoms with Crippen LogP contribution in [-0.2, 0) is 94.8 Å². The Morgan fingerprint density at radius 2 is 0.916 bits per heavy atom. The van der Waals surface area contributed by atoms with E-state index in [0.29, 0.717) is 45.5 Å². The van der Waals surface area contributed by atoms with E-state index in [4.69, 9.17) is 105 Å². The summed E-state index contributed by atoms with van der Waals surface area (Å²) in [6.07, 6.45) is 13.0. The smallest absolute Gasteiger partial charge is 0.870 e. The maximum absolute atomic E-state index is 12.5. The third kappa shape index (κ3) is 42.4. The number of pyridine rings is 3. The summed E-state index contributed by atoms with van der Waals surface area (Å²) in [5.74, 6) is 1.31. The number of hydrogen-bond donors (Lipinski definition) is 3. The molecule has 0 saturated heterocycles. The van der Waals surface area contributed by atoms with E-state index < -0.39 is 5.20 Å².